The summed E-state index contributed by atoms with van der Waals surface area (Å²) in [6.07, 6.45) is 2.11. The maximum atomic E-state index is 12.9. The number of carbonyl (C=O) groups excluding carboxylic acids is 1. The Hall–Kier alpha value is -3.33. The summed E-state index contributed by atoms with van der Waals surface area (Å²) in [5, 5.41) is 3.03. The molecule has 0 saturated carbocycles. The van der Waals surface area contributed by atoms with E-state index in [1.54, 1.807) is 4.90 Å². The second-order valence-corrected chi connectivity index (χ2v) is 5.94. The first-order valence-electron chi connectivity index (χ1n) is 8.30. The fraction of sp³-hybridized carbons (Fsp3) is 0.0455. The van der Waals surface area contributed by atoms with Crippen molar-refractivity contribution >= 4 is 17.4 Å². The first kappa shape index (κ1) is 15.2. The molecule has 1 aliphatic rings. The number of urea groups is 1. The lowest BCUT2D eigenvalue weighted by Gasteiger charge is -2.35. The third-order valence-corrected chi connectivity index (χ3v) is 4.32. The van der Waals surface area contributed by atoms with Crippen LogP contribution in [0.5, 0.6) is 0 Å². The molecule has 0 aliphatic carbocycles. The summed E-state index contributed by atoms with van der Waals surface area (Å²) in [7, 11) is 0. The number of hydrogen-bond donors (Lipinski definition) is 1. The molecule has 25 heavy (non-hydrogen) atoms. The summed E-state index contributed by atoms with van der Waals surface area (Å²) in [6.45, 7) is 0. The van der Waals surface area contributed by atoms with Crippen molar-refractivity contribution in [3.8, 4) is 0 Å². The van der Waals surface area contributed by atoms with E-state index < -0.39 is 0 Å². The van der Waals surface area contributed by atoms with Crippen LogP contribution in [0.25, 0.3) is 5.70 Å². The summed E-state index contributed by atoms with van der Waals surface area (Å²) in [5.74, 6) is 0. The molecule has 1 N–H and O–H groups in total. The second kappa shape index (κ2) is 6.65. The summed E-state index contributed by atoms with van der Waals surface area (Å²) < 4.78 is 0. The van der Waals surface area contributed by atoms with Gasteiger partial charge in [-0.3, -0.25) is 4.90 Å². The van der Waals surface area contributed by atoms with E-state index in [0.29, 0.717) is 0 Å². The maximum Gasteiger partial charge on any atom is 0.327 e. The summed E-state index contributed by atoms with van der Waals surface area (Å²) in [4.78, 5) is 14.7. The van der Waals surface area contributed by atoms with E-state index in [0.717, 1.165) is 22.5 Å². The van der Waals surface area contributed by atoms with Crippen LogP contribution in [-0.4, -0.2) is 6.03 Å². The van der Waals surface area contributed by atoms with Crippen molar-refractivity contribution < 1.29 is 4.79 Å². The zero-order valence-corrected chi connectivity index (χ0v) is 13.7. The maximum absolute atomic E-state index is 12.9. The van der Waals surface area contributed by atoms with Crippen LogP contribution in [0.15, 0.2) is 97.1 Å². The summed E-state index contributed by atoms with van der Waals surface area (Å²) >= 11 is 0. The van der Waals surface area contributed by atoms with Gasteiger partial charge in [-0.25, -0.2) is 4.79 Å². The molecule has 0 bridgehead atoms. The van der Waals surface area contributed by atoms with Gasteiger partial charge in [0.05, 0.1) is 6.04 Å². The minimum atomic E-state index is -0.160. The normalized spacial score (nSPS) is 17.0. The van der Waals surface area contributed by atoms with E-state index in [1.807, 2.05) is 78.9 Å². The molecule has 4 rings (SSSR count). The standard InChI is InChI=1S/C22H18N2O/c25-22-23-20(17-10-4-1-5-11-17)16-21(18-12-6-2-7-13-18)24(22)19-14-8-3-9-15-19/h1-16,21H,(H,23,25). The molecule has 1 aliphatic heterocycles. The van der Waals surface area contributed by atoms with Crippen LogP contribution >= 0.6 is 0 Å². The molecular weight excluding hydrogens is 308 g/mol. The average molecular weight is 326 g/mol. The van der Waals surface area contributed by atoms with Gasteiger partial charge in [0.2, 0.25) is 0 Å². The van der Waals surface area contributed by atoms with Gasteiger partial charge in [0.15, 0.2) is 0 Å². The number of anilines is 1. The molecule has 0 spiro atoms. The van der Waals surface area contributed by atoms with Crippen LogP contribution in [0.3, 0.4) is 0 Å². The van der Waals surface area contributed by atoms with Gasteiger partial charge in [-0.15, -0.1) is 0 Å². The Morgan fingerprint density at radius 3 is 1.92 bits per heavy atom. The van der Waals surface area contributed by atoms with Crippen LogP contribution in [0.4, 0.5) is 10.5 Å². The van der Waals surface area contributed by atoms with E-state index in [1.165, 1.54) is 0 Å². The SMILES string of the molecule is O=C1NC(c2ccccc2)=CC(c2ccccc2)N1c1ccccc1. The van der Waals surface area contributed by atoms with E-state index in [2.05, 4.69) is 23.5 Å². The monoisotopic (exact) mass is 326 g/mol. The number of carbonyl (C=O) groups is 1. The molecule has 3 aromatic rings. The molecule has 0 radical (unpaired) electrons. The molecule has 1 heterocycles. The molecular formula is C22H18N2O. The Kier molecular flexibility index (Phi) is 4.05. The van der Waals surface area contributed by atoms with Crippen LogP contribution < -0.4 is 10.2 Å². The Bertz CT molecular complexity index is 889. The zero-order chi connectivity index (χ0) is 17.1. The van der Waals surface area contributed by atoms with Crippen molar-refractivity contribution in [3.63, 3.8) is 0 Å². The number of nitrogens with one attached hydrogen (secondary N) is 1. The number of rotatable bonds is 3. The lowest BCUT2D eigenvalue weighted by molar-refractivity contribution is 0.248. The molecule has 2 amide bonds. The van der Waals surface area contributed by atoms with Crippen molar-refractivity contribution in [1.82, 2.24) is 5.32 Å². The van der Waals surface area contributed by atoms with Crippen molar-refractivity contribution in [2.75, 3.05) is 4.90 Å². The van der Waals surface area contributed by atoms with Gasteiger partial charge in [-0.1, -0.05) is 78.9 Å². The van der Waals surface area contributed by atoms with Crippen molar-refractivity contribution in [1.29, 1.82) is 0 Å². The predicted octanol–water partition coefficient (Wildman–Crippen LogP) is 5.00. The highest BCUT2D eigenvalue weighted by molar-refractivity contribution is 6.00. The lowest BCUT2D eigenvalue weighted by atomic mass is 9.99. The van der Waals surface area contributed by atoms with Crippen molar-refractivity contribution in [3.05, 3.63) is 108 Å². The molecule has 3 aromatic carbocycles. The molecule has 3 nitrogen and oxygen atoms in total. The largest absolute Gasteiger partial charge is 0.327 e. The topological polar surface area (TPSA) is 32.3 Å². The van der Waals surface area contributed by atoms with Crippen LogP contribution in [-0.2, 0) is 0 Å². The highest BCUT2D eigenvalue weighted by Crippen LogP contribution is 2.33. The highest BCUT2D eigenvalue weighted by Gasteiger charge is 2.30. The van der Waals surface area contributed by atoms with Crippen LogP contribution in [0, 0.1) is 0 Å². The number of amides is 2. The molecule has 3 heteroatoms. The molecule has 0 aromatic heterocycles. The fourth-order valence-corrected chi connectivity index (χ4v) is 3.12. The van der Waals surface area contributed by atoms with E-state index in [-0.39, 0.29) is 12.1 Å². The Labute approximate surface area is 147 Å². The highest BCUT2D eigenvalue weighted by atomic mass is 16.2. The van der Waals surface area contributed by atoms with Gasteiger partial charge < -0.3 is 5.32 Å². The predicted molar refractivity (Wildman–Crippen MR) is 101 cm³/mol. The zero-order valence-electron chi connectivity index (χ0n) is 13.7. The second-order valence-electron chi connectivity index (χ2n) is 5.94. The lowest BCUT2D eigenvalue weighted by Crippen LogP contribution is -2.45. The Morgan fingerprint density at radius 1 is 0.720 bits per heavy atom. The van der Waals surface area contributed by atoms with Gasteiger partial charge in [0.1, 0.15) is 0 Å². The molecule has 122 valence electrons. The third-order valence-electron chi connectivity index (χ3n) is 4.32. The van der Waals surface area contributed by atoms with Gasteiger partial charge in [0.25, 0.3) is 0 Å². The number of nitrogens with zero attached hydrogens (tertiary/aromatic N) is 1. The molecule has 1 unspecified atom stereocenters. The van der Waals surface area contributed by atoms with E-state index >= 15 is 0 Å². The first-order chi connectivity index (χ1) is 12.3. The van der Waals surface area contributed by atoms with E-state index in [9.17, 15) is 4.79 Å². The van der Waals surface area contributed by atoms with Gasteiger partial charge >= 0.3 is 6.03 Å². The Balaban J connectivity index is 1.83. The quantitative estimate of drug-likeness (QED) is 0.722. The number of benzene rings is 3. The third kappa shape index (κ3) is 3.04. The molecule has 0 saturated heterocycles. The fourth-order valence-electron chi connectivity index (χ4n) is 3.12. The smallest absolute Gasteiger partial charge is 0.307 e. The molecule has 1 atom stereocenters. The van der Waals surface area contributed by atoms with E-state index in [4.69, 9.17) is 0 Å². The van der Waals surface area contributed by atoms with Gasteiger partial charge in [-0.2, -0.15) is 0 Å². The summed E-state index contributed by atoms with van der Waals surface area (Å²) in [6, 6.07) is 29.5. The van der Waals surface area contributed by atoms with Crippen molar-refractivity contribution in [2.45, 2.75) is 6.04 Å². The average Bonchev–Trinajstić information content (AvgIpc) is 2.69. The molecule has 0 fully saturated rings. The van der Waals surface area contributed by atoms with Crippen molar-refractivity contribution in [2.24, 2.45) is 0 Å². The minimum absolute atomic E-state index is 0.124. The van der Waals surface area contributed by atoms with Crippen LogP contribution in [0.2, 0.25) is 0 Å². The van der Waals surface area contributed by atoms with Crippen LogP contribution in [0.1, 0.15) is 17.2 Å². The van der Waals surface area contributed by atoms with Gasteiger partial charge in [-0.05, 0) is 29.3 Å². The first-order valence-corrected chi connectivity index (χ1v) is 8.30. The summed E-state index contributed by atoms with van der Waals surface area (Å²) in [5.41, 5.74) is 3.79. The Morgan fingerprint density at radius 2 is 1.28 bits per heavy atom. The minimum Gasteiger partial charge on any atom is -0.307 e. The number of para-hydroxylation sites is 1. The number of hydrogen-bond acceptors (Lipinski definition) is 1. The van der Waals surface area contributed by atoms with Gasteiger partial charge in [0, 0.05) is 11.4 Å².